The lowest BCUT2D eigenvalue weighted by molar-refractivity contribution is -0.121. The number of imide groups is 1. The van der Waals surface area contributed by atoms with Crippen molar-refractivity contribution in [1.82, 2.24) is 0 Å². The number of rotatable bonds is 6. The van der Waals surface area contributed by atoms with Crippen LogP contribution in [-0.2, 0) is 9.59 Å². The molecule has 1 aliphatic rings. The molecule has 1 heterocycles. The zero-order valence-corrected chi connectivity index (χ0v) is 16.6. The van der Waals surface area contributed by atoms with Crippen LogP contribution in [0.5, 0.6) is 0 Å². The van der Waals surface area contributed by atoms with E-state index in [0.717, 1.165) is 23.1 Å². The summed E-state index contributed by atoms with van der Waals surface area (Å²) in [6.07, 6.45) is -0.362. The first-order valence-corrected chi connectivity index (χ1v) is 9.63. The first-order valence-electron chi connectivity index (χ1n) is 8.37. The summed E-state index contributed by atoms with van der Waals surface area (Å²) in [6, 6.07) is 9.22. The molecular weight excluding hydrogens is 436 g/mol. The average molecular weight is 449 g/mol. The highest BCUT2D eigenvalue weighted by atomic mass is 35.5. The molecule has 1 aliphatic heterocycles. The molecule has 1 fully saturated rings. The maximum Gasteiger partial charge on any atom is 0.335 e. The highest BCUT2D eigenvalue weighted by molar-refractivity contribution is 8.15. The third-order valence-electron chi connectivity index (χ3n) is 4.09. The minimum absolute atomic E-state index is 0.0476. The van der Waals surface area contributed by atoms with E-state index < -0.39 is 34.2 Å². The third kappa shape index (κ3) is 4.61. The van der Waals surface area contributed by atoms with Gasteiger partial charge in [-0.1, -0.05) is 11.6 Å². The Labute approximate surface area is 178 Å². The highest BCUT2D eigenvalue weighted by Gasteiger charge is 2.41. The Morgan fingerprint density at radius 3 is 2.10 bits per heavy atom. The number of carbonyl (C=O) groups excluding carboxylic acids is 3. The van der Waals surface area contributed by atoms with Gasteiger partial charge in [0, 0.05) is 17.1 Å². The number of anilines is 2. The van der Waals surface area contributed by atoms with Gasteiger partial charge >= 0.3 is 11.9 Å². The average Bonchev–Trinajstić information content (AvgIpc) is 2.95. The second-order valence-electron chi connectivity index (χ2n) is 6.18. The van der Waals surface area contributed by atoms with Crippen molar-refractivity contribution in [2.75, 3.05) is 10.2 Å². The summed E-state index contributed by atoms with van der Waals surface area (Å²) in [7, 11) is 0. The number of benzene rings is 2. The number of halogens is 1. The van der Waals surface area contributed by atoms with Crippen molar-refractivity contribution < 1.29 is 34.2 Å². The van der Waals surface area contributed by atoms with Gasteiger partial charge in [0.25, 0.3) is 5.24 Å². The molecule has 1 unspecified atom stereocenters. The summed E-state index contributed by atoms with van der Waals surface area (Å²) in [5, 5.41) is 19.5. The van der Waals surface area contributed by atoms with Crippen LogP contribution >= 0.6 is 23.4 Å². The van der Waals surface area contributed by atoms with Crippen LogP contribution in [-0.4, -0.2) is 44.5 Å². The smallest absolute Gasteiger partial charge is 0.335 e. The summed E-state index contributed by atoms with van der Waals surface area (Å²) in [4.78, 5) is 60.4. The minimum Gasteiger partial charge on any atom is -0.478 e. The maximum atomic E-state index is 12.6. The first kappa shape index (κ1) is 21.3. The molecule has 1 saturated heterocycles. The molecule has 0 saturated carbocycles. The van der Waals surface area contributed by atoms with E-state index in [2.05, 4.69) is 5.32 Å². The molecule has 1 atom stereocenters. The predicted octanol–water partition coefficient (Wildman–Crippen LogP) is 3.33. The van der Waals surface area contributed by atoms with E-state index in [1.54, 1.807) is 0 Å². The molecule has 0 radical (unpaired) electrons. The maximum absolute atomic E-state index is 12.6. The monoisotopic (exact) mass is 448 g/mol. The number of thioether (sulfide) groups is 1. The standard InChI is InChI=1S/C19H13ClN2O7S/c20-11-1-3-13(4-2-11)22-16(24)14(30-19(22)29)8-15(23)21-12-6-9(17(25)26)5-10(7-12)18(27)28/h1-7,14H,8H2,(H,21,23)(H,25,26)(H,27,28). The summed E-state index contributed by atoms with van der Waals surface area (Å²) < 4.78 is 0. The van der Waals surface area contributed by atoms with Gasteiger partial charge in [0.15, 0.2) is 0 Å². The lowest BCUT2D eigenvalue weighted by Gasteiger charge is -2.14. The molecule has 0 aromatic heterocycles. The normalized spacial score (nSPS) is 15.9. The van der Waals surface area contributed by atoms with Gasteiger partial charge in [-0.3, -0.25) is 14.4 Å². The van der Waals surface area contributed by atoms with Gasteiger partial charge in [-0.05, 0) is 54.2 Å². The van der Waals surface area contributed by atoms with Crippen molar-refractivity contribution in [2.24, 2.45) is 0 Å². The summed E-state index contributed by atoms with van der Waals surface area (Å²) in [6.45, 7) is 0. The second kappa shape index (κ2) is 8.56. The SMILES string of the molecule is O=C(CC1SC(=O)N(c2ccc(Cl)cc2)C1=O)Nc1cc(C(=O)O)cc(C(=O)O)c1. The van der Waals surface area contributed by atoms with E-state index in [0.29, 0.717) is 22.5 Å². The molecule has 9 nitrogen and oxygen atoms in total. The molecule has 2 aromatic rings. The fourth-order valence-electron chi connectivity index (χ4n) is 2.74. The van der Waals surface area contributed by atoms with Crippen molar-refractivity contribution in [2.45, 2.75) is 11.7 Å². The number of carboxylic acid groups (broad SMARTS) is 2. The van der Waals surface area contributed by atoms with E-state index in [4.69, 9.17) is 21.8 Å². The van der Waals surface area contributed by atoms with E-state index in [9.17, 15) is 24.0 Å². The molecule has 0 bridgehead atoms. The second-order valence-corrected chi connectivity index (χ2v) is 7.77. The Balaban J connectivity index is 1.73. The molecule has 11 heteroatoms. The topological polar surface area (TPSA) is 141 Å². The van der Waals surface area contributed by atoms with E-state index in [1.807, 2.05) is 0 Å². The Kier molecular flexibility index (Phi) is 6.09. The number of hydrogen-bond donors (Lipinski definition) is 3. The van der Waals surface area contributed by atoms with Crippen molar-refractivity contribution in [3.05, 3.63) is 58.6 Å². The summed E-state index contributed by atoms with van der Waals surface area (Å²) in [5.41, 5.74) is -0.361. The van der Waals surface area contributed by atoms with Gasteiger partial charge in [-0.15, -0.1) is 0 Å². The Hall–Kier alpha value is -3.37. The van der Waals surface area contributed by atoms with Crippen LogP contribution in [0.3, 0.4) is 0 Å². The lowest BCUT2D eigenvalue weighted by atomic mass is 10.1. The molecule has 0 aliphatic carbocycles. The van der Waals surface area contributed by atoms with Gasteiger partial charge in [0.2, 0.25) is 11.8 Å². The third-order valence-corrected chi connectivity index (χ3v) is 5.38. The first-order chi connectivity index (χ1) is 14.2. The van der Waals surface area contributed by atoms with Crippen LogP contribution in [0.2, 0.25) is 5.02 Å². The molecular formula is C19H13ClN2O7S. The van der Waals surface area contributed by atoms with Crippen LogP contribution in [0.15, 0.2) is 42.5 Å². The molecule has 3 N–H and O–H groups in total. The van der Waals surface area contributed by atoms with Gasteiger partial charge in [0.1, 0.15) is 5.25 Å². The lowest BCUT2D eigenvalue weighted by Crippen LogP contribution is -2.32. The Morgan fingerprint density at radius 1 is 1.00 bits per heavy atom. The molecule has 3 amide bonds. The highest BCUT2D eigenvalue weighted by Crippen LogP contribution is 2.34. The minimum atomic E-state index is -1.36. The fraction of sp³-hybridized carbons (Fsp3) is 0.105. The molecule has 2 aromatic carbocycles. The largest absolute Gasteiger partial charge is 0.478 e. The Morgan fingerprint density at radius 2 is 1.57 bits per heavy atom. The number of hydrogen-bond acceptors (Lipinski definition) is 6. The number of nitrogens with one attached hydrogen (secondary N) is 1. The van der Waals surface area contributed by atoms with Gasteiger partial charge < -0.3 is 15.5 Å². The zero-order valence-electron chi connectivity index (χ0n) is 15.0. The molecule has 30 heavy (non-hydrogen) atoms. The Bertz CT molecular complexity index is 1040. The van der Waals surface area contributed by atoms with Crippen molar-refractivity contribution >= 4 is 63.7 Å². The number of aromatic carboxylic acids is 2. The number of carbonyl (C=O) groups is 5. The predicted molar refractivity (Wildman–Crippen MR) is 109 cm³/mol. The van der Waals surface area contributed by atoms with Crippen LogP contribution in [0, 0.1) is 0 Å². The van der Waals surface area contributed by atoms with Crippen molar-refractivity contribution in [3.63, 3.8) is 0 Å². The van der Waals surface area contributed by atoms with Crippen LogP contribution in [0.4, 0.5) is 16.2 Å². The summed E-state index contributed by atoms with van der Waals surface area (Å²) in [5.74, 6) is -3.97. The number of amides is 3. The molecule has 3 rings (SSSR count). The molecule has 0 spiro atoms. The van der Waals surface area contributed by atoms with Crippen LogP contribution in [0.1, 0.15) is 27.1 Å². The van der Waals surface area contributed by atoms with Gasteiger partial charge in [-0.25, -0.2) is 14.5 Å². The van der Waals surface area contributed by atoms with E-state index in [1.165, 1.54) is 24.3 Å². The fourth-order valence-corrected chi connectivity index (χ4v) is 3.85. The van der Waals surface area contributed by atoms with Gasteiger partial charge in [-0.2, -0.15) is 0 Å². The number of nitrogens with zero attached hydrogens (tertiary/aromatic N) is 1. The van der Waals surface area contributed by atoms with Crippen LogP contribution in [0.25, 0.3) is 0 Å². The summed E-state index contributed by atoms with van der Waals surface area (Å²) >= 11 is 6.50. The zero-order chi connectivity index (χ0) is 22.0. The van der Waals surface area contributed by atoms with Crippen molar-refractivity contribution in [3.8, 4) is 0 Å². The quantitative estimate of drug-likeness (QED) is 0.611. The van der Waals surface area contributed by atoms with E-state index in [-0.39, 0.29) is 23.2 Å². The molecule has 154 valence electrons. The van der Waals surface area contributed by atoms with Crippen LogP contribution < -0.4 is 10.2 Å². The van der Waals surface area contributed by atoms with Gasteiger partial charge in [0.05, 0.1) is 16.8 Å². The number of carboxylic acids is 2. The van der Waals surface area contributed by atoms with Crippen molar-refractivity contribution in [1.29, 1.82) is 0 Å². The van der Waals surface area contributed by atoms with E-state index >= 15 is 0 Å².